The fourth-order valence-electron chi connectivity index (χ4n) is 2.87. The van der Waals surface area contributed by atoms with Crippen molar-refractivity contribution in [3.63, 3.8) is 0 Å². The van der Waals surface area contributed by atoms with Crippen LogP contribution in [0.5, 0.6) is 5.75 Å². The van der Waals surface area contributed by atoms with Gasteiger partial charge in [0.2, 0.25) is 0 Å². The molecule has 27 heavy (non-hydrogen) atoms. The quantitative estimate of drug-likeness (QED) is 0.647. The van der Waals surface area contributed by atoms with Crippen LogP contribution in [0.4, 0.5) is 13.2 Å². The number of fused-ring (bicyclic) bond motifs is 1. The van der Waals surface area contributed by atoms with Crippen LogP contribution < -0.4 is 0 Å². The van der Waals surface area contributed by atoms with E-state index in [2.05, 4.69) is 0 Å². The molecule has 0 unspecified atom stereocenters. The number of benzene rings is 1. The molecule has 0 aliphatic heterocycles. The minimum absolute atomic E-state index is 0.124. The number of phenolic OH excluding ortho intramolecular Hbond substituents is 1. The number of aromatic nitrogens is 1. The Kier molecular flexibility index (Phi) is 4.69. The van der Waals surface area contributed by atoms with Gasteiger partial charge in [0.15, 0.2) is 0 Å². The van der Waals surface area contributed by atoms with Crippen LogP contribution in [0.1, 0.15) is 25.8 Å². The largest absolute Gasteiger partial charge is 0.506 e. The van der Waals surface area contributed by atoms with Gasteiger partial charge in [0, 0.05) is 11.1 Å². The minimum atomic E-state index is -4.57. The number of alkyl halides is 3. The molecule has 10 heteroatoms. The van der Waals surface area contributed by atoms with Crippen LogP contribution in [0.3, 0.4) is 0 Å². The van der Waals surface area contributed by atoms with Crippen LogP contribution in [-0.2, 0) is 17.4 Å². The maximum Gasteiger partial charge on any atom is 0.425 e. The molecule has 0 saturated carbocycles. The van der Waals surface area contributed by atoms with E-state index in [9.17, 15) is 27.9 Å². The van der Waals surface area contributed by atoms with Gasteiger partial charge in [0.25, 0.3) is 5.91 Å². The number of carbonyl (C=O) groups is 2. The van der Waals surface area contributed by atoms with E-state index in [0.29, 0.717) is 11.3 Å². The SMILES string of the molecule is Cc1c(CC(=O)O)c2c(Cl)c(O)ccc2n1C(=O)c1ccc(C(F)(F)F)s1. The number of rotatable bonds is 3. The Morgan fingerprint density at radius 3 is 2.44 bits per heavy atom. The monoisotopic (exact) mass is 417 g/mol. The Morgan fingerprint density at radius 2 is 1.89 bits per heavy atom. The molecule has 0 aliphatic carbocycles. The Labute approximate surface area is 159 Å². The van der Waals surface area contributed by atoms with Crippen LogP contribution in [0.2, 0.25) is 5.02 Å². The third-order valence-corrected chi connectivity index (χ3v) is 5.54. The van der Waals surface area contributed by atoms with E-state index in [4.69, 9.17) is 16.7 Å². The Bertz CT molecular complexity index is 1080. The van der Waals surface area contributed by atoms with Crippen molar-refractivity contribution < 1.29 is 33.0 Å². The number of carbonyl (C=O) groups excluding carboxylic acids is 1. The van der Waals surface area contributed by atoms with E-state index in [1.165, 1.54) is 19.1 Å². The normalized spacial score (nSPS) is 11.9. The molecule has 0 amide bonds. The van der Waals surface area contributed by atoms with Crippen molar-refractivity contribution >= 4 is 45.7 Å². The van der Waals surface area contributed by atoms with E-state index in [1.807, 2.05) is 0 Å². The first-order valence-corrected chi connectivity index (χ1v) is 8.66. The van der Waals surface area contributed by atoms with Gasteiger partial charge in [-0.25, -0.2) is 0 Å². The predicted octanol–water partition coefficient (Wildman–Crippen LogP) is 4.70. The smallest absolute Gasteiger partial charge is 0.425 e. The molecule has 3 aromatic rings. The molecule has 0 radical (unpaired) electrons. The highest BCUT2D eigenvalue weighted by Gasteiger charge is 2.34. The number of hydrogen-bond donors (Lipinski definition) is 2. The van der Waals surface area contributed by atoms with Crippen molar-refractivity contribution in [2.75, 3.05) is 0 Å². The van der Waals surface area contributed by atoms with Crippen molar-refractivity contribution in [3.8, 4) is 5.75 Å². The molecule has 0 saturated heterocycles. The summed E-state index contributed by atoms with van der Waals surface area (Å²) in [5.41, 5.74) is 0.643. The first kappa shape index (κ1) is 19.2. The summed E-state index contributed by atoms with van der Waals surface area (Å²) < 4.78 is 39.6. The van der Waals surface area contributed by atoms with E-state index >= 15 is 0 Å². The summed E-state index contributed by atoms with van der Waals surface area (Å²) in [6.07, 6.45) is -5.04. The van der Waals surface area contributed by atoms with E-state index in [0.717, 1.165) is 16.7 Å². The highest BCUT2D eigenvalue weighted by Crippen LogP contribution is 2.39. The number of carboxylic acids is 1. The van der Waals surface area contributed by atoms with Crippen LogP contribution in [-0.4, -0.2) is 26.7 Å². The number of nitrogens with zero attached hydrogens (tertiary/aromatic N) is 1. The molecule has 2 heterocycles. The molecule has 2 N–H and O–H groups in total. The Balaban J connectivity index is 2.24. The molecule has 0 spiro atoms. The highest BCUT2D eigenvalue weighted by atomic mass is 35.5. The molecule has 3 rings (SSSR count). The van der Waals surface area contributed by atoms with Gasteiger partial charge in [-0.15, -0.1) is 11.3 Å². The van der Waals surface area contributed by atoms with E-state index < -0.39 is 29.4 Å². The average molecular weight is 418 g/mol. The van der Waals surface area contributed by atoms with Crippen LogP contribution >= 0.6 is 22.9 Å². The van der Waals surface area contributed by atoms with Gasteiger partial charge in [0.1, 0.15) is 10.6 Å². The second kappa shape index (κ2) is 6.58. The maximum absolute atomic E-state index is 12.9. The van der Waals surface area contributed by atoms with Crippen molar-refractivity contribution in [2.24, 2.45) is 0 Å². The number of aromatic hydroxyl groups is 1. The molecule has 0 bridgehead atoms. The third-order valence-electron chi connectivity index (χ3n) is 4.04. The van der Waals surface area contributed by atoms with Crippen molar-refractivity contribution in [2.45, 2.75) is 19.5 Å². The molecular formula is C17H11ClF3NO4S. The lowest BCUT2D eigenvalue weighted by molar-refractivity contribution is -0.136. The van der Waals surface area contributed by atoms with Gasteiger partial charge in [-0.1, -0.05) is 11.6 Å². The fraction of sp³-hybridized carbons (Fsp3) is 0.176. The summed E-state index contributed by atoms with van der Waals surface area (Å²) in [6, 6.07) is 4.48. The fourth-order valence-corrected chi connectivity index (χ4v) is 3.95. The van der Waals surface area contributed by atoms with Crippen LogP contribution in [0.15, 0.2) is 24.3 Å². The lowest BCUT2D eigenvalue weighted by Crippen LogP contribution is -2.13. The van der Waals surface area contributed by atoms with Crippen molar-refractivity contribution in [3.05, 3.63) is 50.3 Å². The number of thiophene rings is 1. The van der Waals surface area contributed by atoms with Gasteiger partial charge < -0.3 is 10.2 Å². The zero-order chi connectivity index (χ0) is 20.1. The molecule has 0 atom stereocenters. The molecule has 1 aromatic carbocycles. The van der Waals surface area contributed by atoms with Gasteiger partial charge in [0.05, 0.1) is 21.8 Å². The van der Waals surface area contributed by atoms with Gasteiger partial charge in [-0.2, -0.15) is 13.2 Å². The number of aliphatic carboxylic acids is 1. The molecule has 2 aromatic heterocycles. The topological polar surface area (TPSA) is 79.5 Å². The summed E-state index contributed by atoms with van der Waals surface area (Å²) in [7, 11) is 0. The molecule has 142 valence electrons. The highest BCUT2D eigenvalue weighted by molar-refractivity contribution is 7.14. The zero-order valence-electron chi connectivity index (χ0n) is 13.6. The van der Waals surface area contributed by atoms with E-state index in [-0.39, 0.29) is 37.8 Å². The summed E-state index contributed by atoms with van der Waals surface area (Å²) in [5, 5.41) is 19.0. The van der Waals surface area contributed by atoms with Gasteiger partial charge in [-0.05, 0) is 36.8 Å². The summed E-state index contributed by atoms with van der Waals surface area (Å²) >= 11 is 6.40. The number of phenols is 1. The lowest BCUT2D eigenvalue weighted by Gasteiger charge is -2.06. The summed E-state index contributed by atoms with van der Waals surface area (Å²) in [6.45, 7) is 1.47. The van der Waals surface area contributed by atoms with Crippen LogP contribution in [0.25, 0.3) is 10.9 Å². The van der Waals surface area contributed by atoms with Crippen molar-refractivity contribution in [1.29, 1.82) is 0 Å². The Morgan fingerprint density at radius 1 is 1.22 bits per heavy atom. The Hall–Kier alpha value is -2.52. The summed E-state index contributed by atoms with van der Waals surface area (Å²) in [4.78, 5) is 23.0. The average Bonchev–Trinajstić information content (AvgIpc) is 3.15. The molecule has 5 nitrogen and oxygen atoms in total. The number of halogens is 4. The first-order valence-electron chi connectivity index (χ1n) is 7.47. The van der Waals surface area contributed by atoms with Gasteiger partial charge >= 0.3 is 12.1 Å². The van der Waals surface area contributed by atoms with Gasteiger partial charge in [-0.3, -0.25) is 14.2 Å². The zero-order valence-corrected chi connectivity index (χ0v) is 15.2. The molecule has 0 aliphatic rings. The molecule has 0 fully saturated rings. The van der Waals surface area contributed by atoms with Crippen molar-refractivity contribution in [1.82, 2.24) is 4.57 Å². The maximum atomic E-state index is 12.9. The van der Waals surface area contributed by atoms with E-state index in [1.54, 1.807) is 0 Å². The molecular weight excluding hydrogens is 407 g/mol. The summed E-state index contributed by atoms with van der Waals surface area (Å²) in [5.74, 6) is -2.22. The standard InChI is InChI=1S/C17H11ClF3NO4S/c1-7-8(6-13(24)25)14-9(2-3-10(23)15(14)18)22(7)16(26)11-4-5-12(27-11)17(19,20)21/h2-5,23H,6H2,1H3,(H,24,25). The minimum Gasteiger partial charge on any atom is -0.506 e. The number of hydrogen-bond acceptors (Lipinski definition) is 4. The number of carboxylic acid groups (broad SMARTS) is 1. The second-order valence-electron chi connectivity index (χ2n) is 5.73. The second-order valence-corrected chi connectivity index (χ2v) is 7.19. The predicted molar refractivity (Wildman–Crippen MR) is 93.7 cm³/mol. The first-order chi connectivity index (χ1) is 12.5. The lowest BCUT2D eigenvalue weighted by atomic mass is 10.1. The third kappa shape index (κ3) is 3.28. The van der Waals surface area contributed by atoms with Crippen LogP contribution in [0, 0.1) is 6.92 Å².